The molecule has 0 aromatic heterocycles. The molecule has 0 aliphatic rings. The van der Waals surface area contributed by atoms with Crippen molar-refractivity contribution in [2.75, 3.05) is 23.7 Å². The number of carbonyl (C=O) groups excluding carboxylic acids is 2. The number of anilines is 2. The number of hydrogen-bond acceptors (Lipinski definition) is 7. The van der Waals surface area contributed by atoms with Crippen molar-refractivity contribution < 1.29 is 19.5 Å². The van der Waals surface area contributed by atoms with Gasteiger partial charge in [0.15, 0.2) is 0 Å². The number of nitrogens with one attached hydrogen (secondary N) is 2. The molecule has 11 N–H and O–H groups in total. The van der Waals surface area contributed by atoms with Crippen LogP contribution >= 0.6 is 0 Å². The summed E-state index contributed by atoms with van der Waals surface area (Å²) >= 11 is 0. The fourth-order valence-corrected chi connectivity index (χ4v) is 3.40. The molecule has 37 heavy (non-hydrogen) atoms. The van der Waals surface area contributed by atoms with E-state index < -0.39 is 18.1 Å². The van der Waals surface area contributed by atoms with Crippen LogP contribution in [0.3, 0.4) is 0 Å². The lowest BCUT2D eigenvalue weighted by molar-refractivity contribution is -0.134. The Bertz CT molecular complexity index is 875. The van der Waals surface area contributed by atoms with Crippen LogP contribution < -0.4 is 33.6 Å². The molecule has 204 valence electrons. The topological polar surface area (TPSA) is 200 Å². The number of carboxylic acids is 1. The SMILES string of the molecule is CC(=O)O.NCCCCC(N)C(=O)Nc1ccc(Cc2ccc(NC(=O)C(N)CCCCN)cc2)cc1. The summed E-state index contributed by atoms with van der Waals surface area (Å²) in [6, 6.07) is 14.3. The van der Waals surface area contributed by atoms with Crippen LogP contribution in [0.15, 0.2) is 48.5 Å². The normalized spacial score (nSPS) is 12.0. The van der Waals surface area contributed by atoms with E-state index in [0.717, 1.165) is 61.5 Å². The molecule has 2 unspecified atom stereocenters. The van der Waals surface area contributed by atoms with Crippen LogP contribution in [0.4, 0.5) is 11.4 Å². The van der Waals surface area contributed by atoms with Gasteiger partial charge in [-0.3, -0.25) is 14.4 Å². The van der Waals surface area contributed by atoms with Crippen molar-refractivity contribution in [2.24, 2.45) is 22.9 Å². The summed E-state index contributed by atoms with van der Waals surface area (Å²) in [4.78, 5) is 33.4. The minimum Gasteiger partial charge on any atom is -0.481 e. The summed E-state index contributed by atoms with van der Waals surface area (Å²) in [6.45, 7) is 2.30. The van der Waals surface area contributed by atoms with Crippen molar-refractivity contribution in [2.45, 2.75) is 64.0 Å². The number of amides is 2. The van der Waals surface area contributed by atoms with Gasteiger partial charge in [-0.1, -0.05) is 37.1 Å². The zero-order chi connectivity index (χ0) is 27.6. The zero-order valence-electron chi connectivity index (χ0n) is 21.6. The highest BCUT2D eigenvalue weighted by Crippen LogP contribution is 2.17. The highest BCUT2D eigenvalue weighted by atomic mass is 16.4. The van der Waals surface area contributed by atoms with Crippen LogP contribution in [0.5, 0.6) is 0 Å². The molecule has 2 aromatic carbocycles. The minimum atomic E-state index is -0.833. The molecule has 0 saturated carbocycles. The number of carbonyl (C=O) groups is 3. The van der Waals surface area contributed by atoms with Gasteiger partial charge < -0.3 is 38.7 Å². The number of nitrogens with two attached hydrogens (primary N) is 4. The fourth-order valence-electron chi connectivity index (χ4n) is 3.40. The molecule has 0 fully saturated rings. The van der Waals surface area contributed by atoms with E-state index in [9.17, 15) is 9.59 Å². The molecular formula is C27H42N6O4. The first-order chi connectivity index (χ1) is 17.7. The first-order valence-corrected chi connectivity index (χ1v) is 12.6. The van der Waals surface area contributed by atoms with E-state index in [0.29, 0.717) is 25.9 Å². The van der Waals surface area contributed by atoms with E-state index in [1.54, 1.807) is 0 Å². The number of aliphatic carboxylic acids is 1. The van der Waals surface area contributed by atoms with Gasteiger partial charge >= 0.3 is 0 Å². The highest BCUT2D eigenvalue weighted by molar-refractivity contribution is 5.95. The van der Waals surface area contributed by atoms with Crippen molar-refractivity contribution >= 4 is 29.2 Å². The van der Waals surface area contributed by atoms with Gasteiger partial charge in [-0.25, -0.2) is 0 Å². The third kappa shape index (κ3) is 14.1. The summed E-state index contributed by atoms with van der Waals surface area (Å²) in [6.07, 6.45) is 5.40. The Balaban J connectivity index is 0.00000159. The molecule has 10 nitrogen and oxygen atoms in total. The van der Waals surface area contributed by atoms with Crippen LogP contribution in [0.25, 0.3) is 0 Å². The second-order valence-corrected chi connectivity index (χ2v) is 8.85. The van der Waals surface area contributed by atoms with Gasteiger partial charge in [0.1, 0.15) is 0 Å². The fraction of sp³-hybridized carbons (Fsp3) is 0.444. The number of hydrogen-bond donors (Lipinski definition) is 7. The summed E-state index contributed by atoms with van der Waals surface area (Å²) in [5.74, 6) is -1.20. The van der Waals surface area contributed by atoms with Gasteiger partial charge in [-0.2, -0.15) is 0 Å². The average molecular weight is 515 g/mol. The van der Waals surface area contributed by atoms with Gasteiger partial charge in [0.25, 0.3) is 5.97 Å². The summed E-state index contributed by atoms with van der Waals surface area (Å²) in [7, 11) is 0. The molecular weight excluding hydrogens is 472 g/mol. The summed E-state index contributed by atoms with van der Waals surface area (Å²) < 4.78 is 0. The Kier molecular flexibility index (Phi) is 15.4. The molecule has 0 aliphatic carbocycles. The largest absolute Gasteiger partial charge is 0.481 e. The Morgan fingerprint density at radius 3 is 1.32 bits per heavy atom. The molecule has 10 heteroatoms. The first-order valence-electron chi connectivity index (χ1n) is 12.6. The second kappa shape index (κ2) is 18.0. The van der Waals surface area contributed by atoms with Crippen molar-refractivity contribution in [3.05, 3.63) is 59.7 Å². The lowest BCUT2D eigenvalue weighted by atomic mass is 10.0. The van der Waals surface area contributed by atoms with Crippen molar-refractivity contribution in [3.63, 3.8) is 0 Å². The van der Waals surface area contributed by atoms with Crippen molar-refractivity contribution in [3.8, 4) is 0 Å². The monoisotopic (exact) mass is 514 g/mol. The predicted molar refractivity (Wildman–Crippen MR) is 148 cm³/mol. The number of benzene rings is 2. The van der Waals surface area contributed by atoms with Gasteiger partial charge in [0, 0.05) is 18.3 Å². The van der Waals surface area contributed by atoms with E-state index in [-0.39, 0.29) is 11.8 Å². The van der Waals surface area contributed by atoms with E-state index in [2.05, 4.69) is 10.6 Å². The molecule has 2 rings (SSSR count). The Morgan fingerprint density at radius 1 is 0.703 bits per heavy atom. The van der Waals surface area contributed by atoms with Gasteiger partial charge in [-0.15, -0.1) is 0 Å². The van der Waals surface area contributed by atoms with E-state index in [1.807, 2.05) is 48.5 Å². The van der Waals surface area contributed by atoms with Crippen LogP contribution in [-0.2, 0) is 20.8 Å². The Labute approximate surface area is 219 Å². The molecule has 2 aromatic rings. The molecule has 0 bridgehead atoms. The minimum absolute atomic E-state index is 0.184. The quantitative estimate of drug-likeness (QED) is 0.186. The molecule has 0 saturated heterocycles. The number of unbranched alkanes of at least 4 members (excludes halogenated alkanes) is 2. The molecule has 2 amide bonds. The highest BCUT2D eigenvalue weighted by Gasteiger charge is 2.14. The lowest BCUT2D eigenvalue weighted by Crippen LogP contribution is -2.35. The summed E-state index contributed by atoms with van der Waals surface area (Å²) in [5, 5.41) is 13.1. The van der Waals surface area contributed by atoms with Crippen LogP contribution in [0, 0.1) is 0 Å². The predicted octanol–water partition coefficient (Wildman–Crippen LogP) is 2.16. The van der Waals surface area contributed by atoms with Gasteiger partial charge in [0.2, 0.25) is 11.8 Å². The smallest absolute Gasteiger partial charge is 0.300 e. The molecule has 0 radical (unpaired) electrons. The number of carboxylic acid groups (broad SMARTS) is 1. The van der Waals surface area contributed by atoms with Crippen molar-refractivity contribution in [1.82, 2.24) is 0 Å². The van der Waals surface area contributed by atoms with Crippen LogP contribution in [0.1, 0.15) is 56.6 Å². The maximum absolute atomic E-state index is 12.2. The zero-order valence-corrected chi connectivity index (χ0v) is 21.6. The first kappa shape index (κ1) is 31.7. The maximum Gasteiger partial charge on any atom is 0.300 e. The van der Waals surface area contributed by atoms with Crippen LogP contribution in [-0.4, -0.2) is 48.1 Å². The van der Waals surface area contributed by atoms with E-state index in [1.165, 1.54) is 0 Å². The molecule has 0 aliphatic heterocycles. The maximum atomic E-state index is 12.2. The van der Waals surface area contributed by atoms with Gasteiger partial charge in [-0.05, 0) is 80.6 Å². The average Bonchev–Trinajstić information content (AvgIpc) is 2.86. The lowest BCUT2D eigenvalue weighted by Gasteiger charge is -2.13. The second-order valence-electron chi connectivity index (χ2n) is 8.85. The van der Waals surface area contributed by atoms with Gasteiger partial charge in [0.05, 0.1) is 12.1 Å². The third-order valence-electron chi connectivity index (χ3n) is 5.46. The summed E-state index contributed by atoms with van der Waals surface area (Å²) in [5.41, 5.74) is 26.5. The standard InChI is InChI=1S/C25H38N6O2.C2H4O2/c26-15-3-1-5-22(28)24(32)30-20-11-7-18(8-12-20)17-19-9-13-21(14-10-19)31-25(33)23(29)6-2-4-16-27;1-2(3)4/h7-14,22-23H,1-6,15-17,26-29H2,(H,30,32)(H,31,33);1H3,(H,3,4). The Hall–Kier alpha value is -3.31. The number of rotatable bonds is 14. The molecule has 2 atom stereocenters. The van der Waals surface area contributed by atoms with Crippen molar-refractivity contribution in [1.29, 1.82) is 0 Å². The molecule has 0 spiro atoms. The van der Waals surface area contributed by atoms with Crippen LogP contribution in [0.2, 0.25) is 0 Å². The van der Waals surface area contributed by atoms with E-state index in [4.69, 9.17) is 32.8 Å². The Morgan fingerprint density at radius 2 is 1.03 bits per heavy atom. The third-order valence-corrected chi connectivity index (χ3v) is 5.46. The van der Waals surface area contributed by atoms with E-state index >= 15 is 0 Å². The molecule has 0 heterocycles.